The largest absolute Gasteiger partial charge is 0.421 e. The van der Waals surface area contributed by atoms with E-state index in [1.54, 1.807) is 36.5 Å². The van der Waals surface area contributed by atoms with E-state index < -0.39 is 23.5 Å². The molecule has 16 heteroatoms. The fourth-order valence-corrected chi connectivity index (χ4v) is 5.62. The van der Waals surface area contributed by atoms with E-state index in [0.717, 1.165) is 32.0 Å². The number of anilines is 7. The van der Waals surface area contributed by atoms with E-state index in [2.05, 4.69) is 47.4 Å². The highest BCUT2D eigenvalue weighted by Crippen LogP contribution is 2.40. The lowest BCUT2D eigenvalue weighted by Crippen LogP contribution is -2.48. The number of carbonyl (C=O) groups is 1. The van der Waals surface area contributed by atoms with Crippen LogP contribution in [0.25, 0.3) is 0 Å². The maximum atomic E-state index is 13.9. The second kappa shape index (κ2) is 13.4. The van der Waals surface area contributed by atoms with Crippen LogP contribution in [0.5, 0.6) is 0 Å². The van der Waals surface area contributed by atoms with Gasteiger partial charge in [-0.1, -0.05) is 42.1 Å². The lowest BCUT2D eigenvalue weighted by atomic mass is 9.91. The molecule has 1 aliphatic rings. The van der Waals surface area contributed by atoms with Gasteiger partial charge in [0, 0.05) is 41.1 Å². The highest BCUT2D eigenvalue weighted by molar-refractivity contribution is 7.99. The average Bonchev–Trinajstić information content (AvgIpc) is 3.00. The first-order chi connectivity index (χ1) is 21.8. The summed E-state index contributed by atoms with van der Waals surface area (Å²) in [4.78, 5) is 31.3. The molecule has 3 heterocycles. The first-order valence-corrected chi connectivity index (χ1v) is 15.2. The number of hydrogen-bond acceptors (Lipinski definition) is 11. The van der Waals surface area contributed by atoms with Crippen molar-refractivity contribution in [1.82, 2.24) is 19.9 Å². The lowest BCUT2D eigenvalue weighted by molar-refractivity contribution is -0.137. The Labute approximate surface area is 272 Å². The van der Waals surface area contributed by atoms with Gasteiger partial charge < -0.3 is 32.3 Å². The van der Waals surface area contributed by atoms with Crippen molar-refractivity contribution >= 4 is 69.7 Å². The van der Waals surface area contributed by atoms with E-state index in [1.165, 1.54) is 23.9 Å². The highest BCUT2D eigenvalue weighted by atomic mass is 35.5. The molecule has 11 nitrogen and oxygen atoms in total. The van der Waals surface area contributed by atoms with Gasteiger partial charge in [0.2, 0.25) is 11.9 Å². The normalized spacial score (nSPS) is 14.4. The topological polar surface area (TPSA) is 160 Å². The first kappa shape index (κ1) is 32.8. The third-order valence-electron chi connectivity index (χ3n) is 7.07. The number of benzene rings is 2. The summed E-state index contributed by atoms with van der Waals surface area (Å²) >= 11 is 7.89. The van der Waals surface area contributed by atoms with Crippen molar-refractivity contribution in [3.8, 4) is 0 Å². The average molecular weight is 671 g/mol. The van der Waals surface area contributed by atoms with Crippen LogP contribution in [-0.4, -0.2) is 44.5 Å². The van der Waals surface area contributed by atoms with Gasteiger partial charge in [-0.3, -0.25) is 4.79 Å². The molecule has 0 aliphatic carbocycles. The molecule has 0 unspecified atom stereocenters. The number of alkyl halides is 3. The molecule has 7 N–H and O–H groups in total. The molecule has 0 saturated carbocycles. The van der Waals surface area contributed by atoms with Gasteiger partial charge in [-0.2, -0.15) is 18.2 Å². The standard InChI is InChI=1S/C30H30ClF3N10OS/c1-3-23(45)39-17-6-4-7-18(14-17)40-26-19(30(32,33)34)15-38-28(43-26)41-20-8-5-9-21(24(20)31)46-27-25(35)42-22(16-37-27)44-12-10-29(2,36)11-13-44/h3-9,14-16H,1,10-13,36H2,2H3,(H2,35,42)(H,39,45)(H2,38,40,41,43). The third-order valence-corrected chi connectivity index (χ3v) is 8.66. The molecule has 2 aromatic heterocycles. The molecule has 0 atom stereocenters. The summed E-state index contributed by atoms with van der Waals surface area (Å²) in [6.45, 7) is 6.91. The van der Waals surface area contributed by atoms with Crippen LogP contribution in [0.15, 0.2) is 77.4 Å². The highest BCUT2D eigenvalue weighted by Gasteiger charge is 2.35. The van der Waals surface area contributed by atoms with Crippen LogP contribution >= 0.6 is 23.4 Å². The second-order valence-corrected chi connectivity index (χ2v) is 12.2. The molecule has 240 valence electrons. The van der Waals surface area contributed by atoms with Crippen molar-refractivity contribution in [3.63, 3.8) is 0 Å². The predicted molar refractivity (Wildman–Crippen MR) is 175 cm³/mol. The number of carbonyl (C=O) groups excluding carboxylic acids is 1. The van der Waals surface area contributed by atoms with Crippen molar-refractivity contribution in [3.05, 3.63) is 78.1 Å². The number of piperidine rings is 1. The number of nitrogen functional groups attached to an aromatic ring is 1. The fraction of sp³-hybridized carbons (Fsp3) is 0.233. The number of nitrogens with zero attached hydrogens (tertiary/aromatic N) is 5. The van der Waals surface area contributed by atoms with Crippen LogP contribution in [0.1, 0.15) is 25.3 Å². The number of aromatic nitrogens is 4. The Balaban J connectivity index is 1.35. The van der Waals surface area contributed by atoms with Gasteiger partial charge >= 0.3 is 6.18 Å². The molecule has 1 amide bonds. The smallest absolute Gasteiger partial charge is 0.381 e. The van der Waals surface area contributed by atoms with Gasteiger partial charge in [0.25, 0.3) is 0 Å². The zero-order valence-corrected chi connectivity index (χ0v) is 26.1. The molecule has 5 rings (SSSR count). The van der Waals surface area contributed by atoms with Crippen LogP contribution < -0.4 is 32.3 Å². The molecule has 1 saturated heterocycles. The summed E-state index contributed by atoms with van der Waals surface area (Å²) < 4.78 is 41.6. The lowest BCUT2D eigenvalue weighted by Gasteiger charge is -2.37. The van der Waals surface area contributed by atoms with Gasteiger partial charge in [-0.15, -0.1) is 0 Å². The zero-order valence-electron chi connectivity index (χ0n) is 24.5. The first-order valence-electron chi connectivity index (χ1n) is 14.0. The Hall–Kier alpha value is -4.60. The minimum absolute atomic E-state index is 0.144. The van der Waals surface area contributed by atoms with Crippen molar-refractivity contribution in [1.29, 1.82) is 0 Å². The van der Waals surface area contributed by atoms with E-state index >= 15 is 0 Å². The minimum atomic E-state index is -4.75. The van der Waals surface area contributed by atoms with Crippen LogP contribution in [-0.2, 0) is 11.0 Å². The quantitative estimate of drug-likeness (QED) is 0.122. The van der Waals surface area contributed by atoms with E-state index in [0.29, 0.717) is 33.3 Å². The summed E-state index contributed by atoms with van der Waals surface area (Å²) in [5, 5.41) is 8.81. The molecule has 4 aromatic rings. The summed E-state index contributed by atoms with van der Waals surface area (Å²) in [6.07, 6.45) is 0.296. The third kappa shape index (κ3) is 7.97. The van der Waals surface area contributed by atoms with Crippen molar-refractivity contribution in [2.24, 2.45) is 5.73 Å². The van der Waals surface area contributed by atoms with E-state index in [9.17, 15) is 18.0 Å². The van der Waals surface area contributed by atoms with Crippen LogP contribution in [0.2, 0.25) is 5.02 Å². The minimum Gasteiger partial charge on any atom is -0.381 e. The van der Waals surface area contributed by atoms with Crippen LogP contribution in [0.3, 0.4) is 0 Å². The Bertz CT molecular complexity index is 1760. The van der Waals surface area contributed by atoms with Crippen LogP contribution in [0, 0.1) is 0 Å². The van der Waals surface area contributed by atoms with E-state index in [4.69, 9.17) is 23.1 Å². The van der Waals surface area contributed by atoms with Crippen molar-refractivity contribution in [2.45, 2.75) is 41.4 Å². The number of nitrogens with one attached hydrogen (secondary N) is 3. The molecule has 1 aliphatic heterocycles. The Morgan fingerprint density at radius 3 is 2.50 bits per heavy atom. The van der Waals surface area contributed by atoms with Gasteiger partial charge in [-0.25, -0.2) is 15.0 Å². The fourth-order valence-electron chi connectivity index (χ4n) is 4.52. The van der Waals surface area contributed by atoms with Crippen molar-refractivity contribution < 1.29 is 18.0 Å². The van der Waals surface area contributed by atoms with Crippen molar-refractivity contribution in [2.75, 3.05) is 39.7 Å². The predicted octanol–water partition coefficient (Wildman–Crippen LogP) is 6.60. The van der Waals surface area contributed by atoms with Gasteiger partial charge in [0.05, 0.1) is 16.9 Å². The Kier molecular flexibility index (Phi) is 9.55. The molecular formula is C30H30ClF3N10OS. The monoisotopic (exact) mass is 670 g/mol. The molecule has 46 heavy (non-hydrogen) atoms. The Morgan fingerprint density at radius 1 is 1.09 bits per heavy atom. The van der Waals surface area contributed by atoms with Gasteiger partial charge in [-0.05, 0) is 56.2 Å². The number of amides is 1. The molecule has 0 spiro atoms. The SMILES string of the molecule is C=CC(=O)Nc1cccc(Nc2nc(Nc3cccc(Sc4ncc(N5CCC(C)(N)CC5)nc4N)c3Cl)ncc2C(F)(F)F)c1. The number of rotatable bonds is 9. The van der Waals surface area contributed by atoms with E-state index in [-0.39, 0.29) is 28.0 Å². The number of halogens is 4. The number of hydrogen-bond donors (Lipinski definition) is 5. The maximum absolute atomic E-state index is 13.9. The molecule has 0 radical (unpaired) electrons. The summed E-state index contributed by atoms with van der Waals surface area (Å²) in [6, 6.07) is 11.2. The molecule has 0 bridgehead atoms. The summed E-state index contributed by atoms with van der Waals surface area (Å²) in [5.41, 5.74) is 12.1. The molecular weight excluding hydrogens is 641 g/mol. The maximum Gasteiger partial charge on any atom is 0.421 e. The molecule has 2 aromatic carbocycles. The van der Waals surface area contributed by atoms with Crippen LogP contribution in [0.4, 0.5) is 53.6 Å². The molecule has 1 fully saturated rings. The Morgan fingerprint density at radius 2 is 1.80 bits per heavy atom. The zero-order chi connectivity index (χ0) is 33.1. The van der Waals surface area contributed by atoms with E-state index in [1.807, 2.05) is 6.92 Å². The van der Waals surface area contributed by atoms with Gasteiger partial charge in [0.1, 0.15) is 22.2 Å². The number of nitrogens with two attached hydrogens (primary N) is 2. The second-order valence-electron chi connectivity index (χ2n) is 10.8. The summed E-state index contributed by atoms with van der Waals surface area (Å²) in [7, 11) is 0. The summed E-state index contributed by atoms with van der Waals surface area (Å²) in [5.74, 6) is -0.228. The van der Waals surface area contributed by atoms with Gasteiger partial charge in [0.15, 0.2) is 5.82 Å².